The fourth-order valence-corrected chi connectivity index (χ4v) is 4.19. The van der Waals surface area contributed by atoms with E-state index < -0.39 is 0 Å². The molecule has 1 aromatic heterocycles. The lowest BCUT2D eigenvalue weighted by atomic mass is 9.99. The fraction of sp³-hybridized carbons (Fsp3) is 0.148. The van der Waals surface area contributed by atoms with Gasteiger partial charge >= 0.3 is 0 Å². The second-order valence-corrected chi connectivity index (χ2v) is 8.68. The average molecular weight is 498 g/mol. The standard InChI is InChI=1S/C27H22Cl2FNO3/c1-4-33-25-13-26-21(22(14-34-26)19-8-6-17(28)10-23(19)29)12-20(25)16(3)9-27(32)31-18-7-5-15(2)24(30)11-18/h5-14H,4H2,1-3H3,(H,31,32)/b16-9+. The number of fused-ring (bicyclic) bond motifs is 1. The van der Waals surface area contributed by atoms with Crippen LogP contribution in [0.2, 0.25) is 10.0 Å². The van der Waals surface area contributed by atoms with E-state index in [2.05, 4.69) is 5.32 Å². The number of carbonyl (C=O) groups is 1. The Balaban J connectivity index is 1.74. The van der Waals surface area contributed by atoms with Gasteiger partial charge in [0.25, 0.3) is 0 Å². The van der Waals surface area contributed by atoms with Crippen molar-refractivity contribution in [3.8, 4) is 16.9 Å². The minimum absolute atomic E-state index is 0.378. The fourth-order valence-electron chi connectivity index (χ4n) is 3.68. The van der Waals surface area contributed by atoms with E-state index in [4.69, 9.17) is 32.4 Å². The highest BCUT2D eigenvalue weighted by atomic mass is 35.5. The van der Waals surface area contributed by atoms with Gasteiger partial charge in [0.15, 0.2) is 0 Å². The Labute approximate surface area is 206 Å². The van der Waals surface area contributed by atoms with E-state index in [-0.39, 0.29) is 11.7 Å². The molecule has 0 aliphatic heterocycles. The molecule has 34 heavy (non-hydrogen) atoms. The molecular weight excluding hydrogens is 476 g/mol. The van der Waals surface area contributed by atoms with Crippen molar-refractivity contribution in [2.24, 2.45) is 0 Å². The Hall–Kier alpha value is -3.28. The molecule has 0 fully saturated rings. The molecule has 1 N–H and O–H groups in total. The Kier molecular flexibility index (Phi) is 6.96. The molecule has 0 saturated carbocycles. The Morgan fingerprint density at radius 1 is 1.12 bits per heavy atom. The largest absolute Gasteiger partial charge is 0.493 e. The Morgan fingerprint density at radius 3 is 2.62 bits per heavy atom. The first-order chi connectivity index (χ1) is 16.3. The number of furan rings is 1. The summed E-state index contributed by atoms with van der Waals surface area (Å²) in [7, 11) is 0. The van der Waals surface area contributed by atoms with Crippen molar-refractivity contribution >= 4 is 51.3 Å². The maximum absolute atomic E-state index is 13.8. The zero-order valence-corrected chi connectivity index (χ0v) is 20.4. The molecule has 4 nitrogen and oxygen atoms in total. The van der Waals surface area contributed by atoms with Crippen LogP contribution in [-0.4, -0.2) is 12.5 Å². The number of aryl methyl sites for hydroxylation is 1. The normalized spacial score (nSPS) is 11.6. The first kappa shape index (κ1) is 23.9. The van der Waals surface area contributed by atoms with Crippen molar-refractivity contribution in [3.63, 3.8) is 0 Å². The van der Waals surface area contributed by atoms with Crippen molar-refractivity contribution in [2.75, 3.05) is 11.9 Å². The van der Waals surface area contributed by atoms with Gasteiger partial charge in [-0.3, -0.25) is 4.79 Å². The molecule has 0 spiro atoms. The van der Waals surface area contributed by atoms with E-state index in [0.29, 0.717) is 44.8 Å². The highest BCUT2D eigenvalue weighted by Crippen LogP contribution is 2.40. The van der Waals surface area contributed by atoms with Gasteiger partial charge in [-0.15, -0.1) is 0 Å². The van der Waals surface area contributed by atoms with Crippen molar-refractivity contribution in [1.82, 2.24) is 0 Å². The molecule has 3 aromatic carbocycles. The number of halogens is 3. The van der Waals surface area contributed by atoms with Crippen LogP contribution < -0.4 is 10.1 Å². The Bertz CT molecular complexity index is 1430. The van der Waals surface area contributed by atoms with Gasteiger partial charge in [0.2, 0.25) is 5.91 Å². The average Bonchev–Trinajstić information content (AvgIpc) is 3.18. The summed E-state index contributed by atoms with van der Waals surface area (Å²) >= 11 is 12.5. The second-order valence-electron chi connectivity index (χ2n) is 7.83. The summed E-state index contributed by atoms with van der Waals surface area (Å²) in [6.07, 6.45) is 3.09. The number of anilines is 1. The van der Waals surface area contributed by atoms with Crippen LogP contribution in [-0.2, 0) is 4.79 Å². The van der Waals surface area contributed by atoms with E-state index in [1.54, 1.807) is 43.5 Å². The third kappa shape index (κ3) is 4.96. The summed E-state index contributed by atoms with van der Waals surface area (Å²) < 4.78 is 25.4. The van der Waals surface area contributed by atoms with Gasteiger partial charge < -0.3 is 14.5 Å². The predicted molar refractivity (Wildman–Crippen MR) is 136 cm³/mol. The molecular formula is C27H22Cl2FNO3. The zero-order chi connectivity index (χ0) is 24.4. The van der Waals surface area contributed by atoms with Crippen LogP contribution in [0.15, 0.2) is 65.3 Å². The topological polar surface area (TPSA) is 51.5 Å². The van der Waals surface area contributed by atoms with Gasteiger partial charge in [-0.2, -0.15) is 0 Å². The summed E-state index contributed by atoms with van der Waals surface area (Å²) in [6, 6.07) is 13.6. The summed E-state index contributed by atoms with van der Waals surface area (Å²) in [4.78, 5) is 12.6. The molecule has 0 saturated heterocycles. The number of ether oxygens (including phenoxy) is 1. The van der Waals surface area contributed by atoms with E-state index in [0.717, 1.165) is 22.1 Å². The highest BCUT2D eigenvalue weighted by molar-refractivity contribution is 6.36. The minimum Gasteiger partial charge on any atom is -0.493 e. The van der Waals surface area contributed by atoms with Crippen LogP contribution in [0.25, 0.3) is 27.7 Å². The van der Waals surface area contributed by atoms with E-state index in [9.17, 15) is 9.18 Å². The van der Waals surface area contributed by atoms with E-state index in [1.807, 2.05) is 26.0 Å². The van der Waals surface area contributed by atoms with Crippen LogP contribution in [0.1, 0.15) is 25.0 Å². The third-order valence-corrected chi connectivity index (χ3v) is 5.96. The van der Waals surface area contributed by atoms with Gasteiger partial charge in [0.1, 0.15) is 17.1 Å². The first-order valence-corrected chi connectivity index (χ1v) is 11.4. The maximum Gasteiger partial charge on any atom is 0.248 e. The van der Waals surface area contributed by atoms with Crippen molar-refractivity contribution in [1.29, 1.82) is 0 Å². The van der Waals surface area contributed by atoms with Crippen LogP contribution in [0.3, 0.4) is 0 Å². The van der Waals surface area contributed by atoms with Crippen molar-refractivity contribution < 1.29 is 18.3 Å². The SMILES string of the molecule is CCOc1cc2occ(-c3ccc(Cl)cc3Cl)c2cc1/C(C)=C/C(=O)Nc1ccc(C)c(F)c1. The summed E-state index contributed by atoms with van der Waals surface area (Å²) in [5, 5.41) is 4.56. The number of nitrogens with one attached hydrogen (secondary N) is 1. The molecule has 4 rings (SSSR count). The lowest BCUT2D eigenvalue weighted by molar-refractivity contribution is -0.111. The van der Waals surface area contributed by atoms with Gasteiger partial charge in [-0.05, 0) is 62.2 Å². The van der Waals surface area contributed by atoms with Crippen LogP contribution in [0, 0.1) is 12.7 Å². The van der Waals surface area contributed by atoms with Crippen molar-refractivity contribution in [2.45, 2.75) is 20.8 Å². The highest BCUT2D eigenvalue weighted by Gasteiger charge is 2.17. The maximum atomic E-state index is 13.8. The Morgan fingerprint density at radius 2 is 1.91 bits per heavy atom. The molecule has 1 heterocycles. The van der Waals surface area contributed by atoms with Gasteiger partial charge in [-0.1, -0.05) is 35.3 Å². The summed E-state index contributed by atoms with van der Waals surface area (Å²) in [5.74, 6) is -0.173. The number of amides is 1. The summed E-state index contributed by atoms with van der Waals surface area (Å²) in [6.45, 7) is 5.80. The molecule has 0 unspecified atom stereocenters. The predicted octanol–water partition coefficient (Wildman–Crippen LogP) is 8.29. The lowest BCUT2D eigenvalue weighted by Gasteiger charge is -2.12. The number of rotatable bonds is 6. The quantitative estimate of drug-likeness (QED) is 0.272. The molecule has 7 heteroatoms. The first-order valence-electron chi connectivity index (χ1n) is 10.7. The van der Waals surface area contributed by atoms with Gasteiger partial charge in [-0.25, -0.2) is 4.39 Å². The van der Waals surface area contributed by atoms with Gasteiger partial charge in [0, 0.05) is 44.9 Å². The third-order valence-electron chi connectivity index (χ3n) is 5.41. The number of carbonyl (C=O) groups excluding carboxylic acids is 1. The zero-order valence-electron chi connectivity index (χ0n) is 18.8. The second kappa shape index (κ2) is 9.92. The van der Waals surface area contributed by atoms with E-state index >= 15 is 0 Å². The molecule has 0 atom stereocenters. The van der Waals surface area contributed by atoms with Crippen LogP contribution in [0.5, 0.6) is 5.75 Å². The molecule has 0 radical (unpaired) electrons. The monoisotopic (exact) mass is 497 g/mol. The summed E-state index contributed by atoms with van der Waals surface area (Å²) in [5.41, 5.74) is 4.50. The number of hydrogen-bond acceptors (Lipinski definition) is 3. The number of hydrogen-bond donors (Lipinski definition) is 1. The molecule has 0 aliphatic carbocycles. The van der Waals surface area contributed by atoms with E-state index in [1.165, 1.54) is 12.1 Å². The lowest BCUT2D eigenvalue weighted by Crippen LogP contribution is -2.09. The molecule has 174 valence electrons. The molecule has 1 amide bonds. The smallest absolute Gasteiger partial charge is 0.248 e. The number of benzene rings is 3. The molecule has 0 aliphatic rings. The molecule has 4 aromatic rings. The molecule has 0 bridgehead atoms. The van der Waals surface area contributed by atoms with Crippen molar-refractivity contribution in [3.05, 3.63) is 87.9 Å². The van der Waals surface area contributed by atoms with Crippen LogP contribution >= 0.6 is 23.2 Å². The minimum atomic E-state index is -0.379. The van der Waals surface area contributed by atoms with Gasteiger partial charge in [0.05, 0.1) is 17.9 Å². The number of allylic oxidation sites excluding steroid dienone is 1. The van der Waals surface area contributed by atoms with Crippen LogP contribution in [0.4, 0.5) is 10.1 Å².